The van der Waals surface area contributed by atoms with Gasteiger partial charge in [0.15, 0.2) is 0 Å². The van der Waals surface area contributed by atoms with Crippen LogP contribution >= 0.6 is 0 Å². The van der Waals surface area contributed by atoms with E-state index < -0.39 is 0 Å². The Labute approximate surface area is 80.4 Å². The Morgan fingerprint density at radius 2 is 1.00 bits per heavy atom. The second-order valence-electron chi connectivity index (χ2n) is 0. The quantitative estimate of drug-likeness (QED) is 0.510. The summed E-state index contributed by atoms with van der Waals surface area (Å²) in [5.41, 5.74) is 0. The Kier molecular flexibility index (Phi) is 133. The first kappa shape index (κ1) is 30.4. The largest absolute Gasteiger partial charge is 0 e. The molecule has 0 aliphatic carbocycles. The third-order valence-electron chi connectivity index (χ3n) is 0. The molecule has 4 heteroatoms. The van der Waals surface area contributed by atoms with Gasteiger partial charge in [-0.2, -0.15) is 0 Å². The summed E-state index contributed by atoms with van der Waals surface area (Å²) < 4.78 is 0. The van der Waals surface area contributed by atoms with Crippen molar-refractivity contribution in [1.82, 2.24) is 0 Å². The van der Waals surface area contributed by atoms with Crippen LogP contribution in [-0.2, 0) is 36.5 Å². The van der Waals surface area contributed by atoms with E-state index in [1.54, 1.807) is 0 Å². The maximum atomic E-state index is 0. The molecule has 0 rings (SSSR count). The van der Waals surface area contributed by atoms with Gasteiger partial charge in [0, 0.05) is 81.6 Å². The van der Waals surface area contributed by atoms with Gasteiger partial charge in [-0.15, -0.1) is 0 Å². The van der Waals surface area contributed by atoms with Gasteiger partial charge in [0.25, 0.3) is 0 Å². The van der Waals surface area contributed by atoms with Gasteiger partial charge in [0.05, 0.1) is 0 Å². The van der Waals surface area contributed by atoms with Crippen LogP contribution in [0.3, 0.4) is 0 Å². The third kappa shape index (κ3) is 8.82. The van der Waals surface area contributed by atoms with Gasteiger partial charge in [0.2, 0.25) is 0 Å². The molecule has 0 fully saturated rings. The fraction of sp³-hybridized carbons (Fsp3) is 0. The molecule has 0 unspecified atom stereocenters. The van der Waals surface area contributed by atoms with Crippen LogP contribution in [0.5, 0.6) is 0 Å². The molecule has 0 heterocycles. The summed E-state index contributed by atoms with van der Waals surface area (Å²) in [6.45, 7) is 0. The molecule has 0 aliphatic rings. The van der Waals surface area contributed by atoms with Gasteiger partial charge in [-0.1, -0.05) is 0 Å². The van der Waals surface area contributed by atoms with Crippen LogP contribution < -0.4 is 0 Å². The third-order valence-corrected chi connectivity index (χ3v) is 0. The van der Waals surface area contributed by atoms with Crippen molar-refractivity contribution in [2.24, 2.45) is 0 Å². The summed E-state index contributed by atoms with van der Waals surface area (Å²) in [6.07, 6.45) is 0. The van der Waals surface area contributed by atoms with Crippen LogP contribution in [0, 0.1) is 0 Å². The van der Waals surface area contributed by atoms with Gasteiger partial charge >= 0.3 is 0 Å². The zero-order chi connectivity index (χ0) is 0. The maximum Gasteiger partial charge on any atom is 0 e. The SMILES string of the molecule is [Bi].[Li].[Mn].[Zn]. The average molecular weight is 336 g/mol. The maximum absolute atomic E-state index is 0. The van der Waals surface area contributed by atoms with Crippen LogP contribution in [-0.4, -0.2) is 45.1 Å². The van der Waals surface area contributed by atoms with E-state index in [9.17, 15) is 0 Å². The van der Waals surface area contributed by atoms with Gasteiger partial charge in [-0.3, -0.25) is 0 Å². The zero-order valence-corrected chi connectivity index (χ0v) is 10.2. The smallest absolute Gasteiger partial charge is 0 e. The molecule has 5 radical (unpaired) electrons. The second kappa shape index (κ2) is 17.5. The molecule has 0 spiro atoms. The molecule has 0 aromatic rings. The number of rotatable bonds is 0. The molecule has 0 atom stereocenters. The van der Waals surface area contributed by atoms with E-state index >= 15 is 0 Å². The van der Waals surface area contributed by atoms with Crippen LogP contribution in [0.25, 0.3) is 0 Å². The standard InChI is InChI=1S/Bi.Li.Mn.Zn. The molecular formula is BiLiMnZn. The molecule has 0 aromatic carbocycles. The molecule has 0 bridgehead atoms. The molecular weight excluding hydrogens is 336 g/mol. The van der Waals surface area contributed by atoms with Crippen LogP contribution in [0.15, 0.2) is 0 Å². The topological polar surface area (TPSA) is 0 Å². The molecule has 0 aliphatic heterocycles. The predicted molar refractivity (Wildman–Crippen MR) is 11.5 cm³/mol. The molecule has 0 saturated heterocycles. The summed E-state index contributed by atoms with van der Waals surface area (Å²) in [7, 11) is 0. The van der Waals surface area contributed by atoms with Crippen molar-refractivity contribution in [2.45, 2.75) is 0 Å². The van der Waals surface area contributed by atoms with E-state index in [1.165, 1.54) is 0 Å². The summed E-state index contributed by atoms with van der Waals surface area (Å²) in [5, 5.41) is 0. The van der Waals surface area contributed by atoms with Crippen LogP contribution in [0.2, 0.25) is 0 Å². The molecule has 0 nitrogen and oxygen atoms in total. The van der Waals surface area contributed by atoms with Crippen molar-refractivity contribution < 1.29 is 36.5 Å². The van der Waals surface area contributed by atoms with Crippen molar-refractivity contribution in [3.8, 4) is 0 Å². The van der Waals surface area contributed by atoms with Crippen molar-refractivity contribution in [3.63, 3.8) is 0 Å². The summed E-state index contributed by atoms with van der Waals surface area (Å²) in [6, 6.07) is 0. The molecule has 4 heavy (non-hydrogen) atoms. The van der Waals surface area contributed by atoms with Crippen molar-refractivity contribution >= 4 is 45.1 Å². The first-order chi connectivity index (χ1) is 0. The monoisotopic (exact) mass is 335 g/mol. The Hall–Kier alpha value is 2.62. The Morgan fingerprint density at radius 1 is 1.00 bits per heavy atom. The number of hydrogen-bond acceptors (Lipinski definition) is 0. The molecule has 15 valence electrons. The van der Waals surface area contributed by atoms with Crippen molar-refractivity contribution in [2.75, 3.05) is 0 Å². The predicted octanol–water partition coefficient (Wildman–Crippen LogP) is -0.767. The van der Waals surface area contributed by atoms with Gasteiger partial charge in [0.1, 0.15) is 0 Å². The zero-order valence-electron chi connectivity index (χ0n) is 2.53. The van der Waals surface area contributed by atoms with E-state index in [4.69, 9.17) is 0 Å². The van der Waals surface area contributed by atoms with Crippen molar-refractivity contribution in [1.29, 1.82) is 0 Å². The van der Waals surface area contributed by atoms with Gasteiger partial charge < -0.3 is 0 Å². The first-order valence-electron chi connectivity index (χ1n) is 0. The first-order valence-corrected chi connectivity index (χ1v) is 0. The summed E-state index contributed by atoms with van der Waals surface area (Å²) in [5.74, 6) is 0. The minimum Gasteiger partial charge on any atom is 0 e. The summed E-state index contributed by atoms with van der Waals surface area (Å²) >= 11 is 0. The molecule has 0 amide bonds. The van der Waals surface area contributed by atoms with E-state index in [-0.39, 0.29) is 81.6 Å². The van der Waals surface area contributed by atoms with Crippen molar-refractivity contribution in [3.05, 3.63) is 0 Å². The normalized spacial score (nSPS) is 0. The van der Waals surface area contributed by atoms with E-state index in [2.05, 4.69) is 0 Å². The Balaban J connectivity index is 0. The minimum absolute atomic E-state index is 0. The van der Waals surface area contributed by atoms with E-state index in [1.807, 2.05) is 0 Å². The fourth-order valence-electron chi connectivity index (χ4n) is 0. The second-order valence-corrected chi connectivity index (χ2v) is 0. The number of hydrogen-bond donors (Lipinski definition) is 0. The van der Waals surface area contributed by atoms with E-state index in [0.717, 1.165) is 0 Å². The Bertz CT molecular complexity index is 8.00. The van der Waals surface area contributed by atoms with Gasteiger partial charge in [-0.05, 0) is 0 Å². The molecule has 0 aromatic heterocycles. The van der Waals surface area contributed by atoms with Crippen LogP contribution in [0.1, 0.15) is 0 Å². The van der Waals surface area contributed by atoms with Gasteiger partial charge in [-0.25, -0.2) is 0 Å². The fourth-order valence-corrected chi connectivity index (χ4v) is 0. The van der Waals surface area contributed by atoms with Crippen LogP contribution in [0.4, 0.5) is 0 Å². The van der Waals surface area contributed by atoms with E-state index in [0.29, 0.717) is 0 Å². The summed E-state index contributed by atoms with van der Waals surface area (Å²) in [4.78, 5) is 0. The Morgan fingerprint density at radius 3 is 1.00 bits per heavy atom. The molecule has 0 saturated carbocycles. The minimum atomic E-state index is 0. The molecule has 0 N–H and O–H groups in total. The average Bonchev–Trinajstić information content (AvgIpc) is 0.